The van der Waals surface area contributed by atoms with Gasteiger partial charge >= 0.3 is 0 Å². The number of aliphatic hydroxyl groups is 1. The van der Waals surface area contributed by atoms with E-state index in [1.807, 2.05) is 17.8 Å². The fourth-order valence-corrected chi connectivity index (χ4v) is 3.17. The van der Waals surface area contributed by atoms with E-state index >= 15 is 0 Å². The summed E-state index contributed by atoms with van der Waals surface area (Å²) >= 11 is 3.66. The van der Waals surface area contributed by atoms with Gasteiger partial charge in [0.1, 0.15) is 6.61 Å². The van der Waals surface area contributed by atoms with E-state index in [9.17, 15) is 0 Å². The van der Waals surface area contributed by atoms with Crippen LogP contribution in [0.3, 0.4) is 0 Å². The van der Waals surface area contributed by atoms with Gasteiger partial charge in [0.2, 0.25) is 0 Å². The zero-order valence-corrected chi connectivity index (χ0v) is 11.3. The van der Waals surface area contributed by atoms with Crippen LogP contribution in [-0.4, -0.2) is 43.0 Å². The predicted molar refractivity (Wildman–Crippen MR) is 73.0 cm³/mol. The lowest BCUT2D eigenvalue weighted by Gasteiger charge is -2.07. The van der Waals surface area contributed by atoms with Crippen LogP contribution >= 0.6 is 23.1 Å². The van der Waals surface area contributed by atoms with Crippen molar-refractivity contribution in [2.45, 2.75) is 5.75 Å². The van der Waals surface area contributed by atoms with Gasteiger partial charge in [-0.15, -0.1) is 11.3 Å². The van der Waals surface area contributed by atoms with E-state index in [4.69, 9.17) is 5.11 Å². The van der Waals surface area contributed by atoms with E-state index in [0.29, 0.717) is 0 Å². The molecule has 0 aliphatic carbocycles. The van der Waals surface area contributed by atoms with Gasteiger partial charge in [0, 0.05) is 22.9 Å². The maximum Gasteiger partial charge on any atom is 0.104 e. The standard InChI is InChI=1S/C12H17NOS2/c1-13(2)7-9-15-10-12-6-5-11(16-12)4-3-8-14/h5-6,14H,7-10H2,1-2H3. The highest BCUT2D eigenvalue weighted by Gasteiger charge is 1.98. The molecule has 1 aromatic heterocycles. The highest BCUT2D eigenvalue weighted by atomic mass is 32.2. The van der Waals surface area contributed by atoms with Crippen molar-refractivity contribution < 1.29 is 5.11 Å². The predicted octanol–water partition coefficient (Wildman–Crippen LogP) is 1.89. The van der Waals surface area contributed by atoms with E-state index in [2.05, 4.69) is 36.9 Å². The maximum absolute atomic E-state index is 8.58. The minimum Gasteiger partial charge on any atom is -0.384 e. The molecular weight excluding hydrogens is 238 g/mol. The Balaban J connectivity index is 2.29. The zero-order chi connectivity index (χ0) is 11.8. The van der Waals surface area contributed by atoms with Crippen LogP contribution in [0, 0.1) is 11.8 Å². The summed E-state index contributed by atoms with van der Waals surface area (Å²) in [7, 11) is 4.18. The summed E-state index contributed by atoms with van der Waals surface area (Å²) < 4.78 is 0. The molecule has 16 heavy (non-hydrogen) atoms. The molecule has 88 valence electrons. The number of hydrogen-bond donors (Lipinski definition) is 1. The van der Waals surface area contributed by atoms with Gasteiger partial charge in [-0.25, -0.2) is 0 Å². The van der Waals surface area contributed by atoms with Crippen molar-refractivity contribution in [1.29, 1.82) is 0 Å². The van der Waals surface area contributed by atoms with Crippen LogP contribution in [0.5, 0.6) is 0 Å². The molecule has 0 saturated heterocycles. The SMILES string of the molecule is CN(C)CCSCc1ccc(C#CCO)s1. The minimum absolute atomic E-state index is 0.0647. The Labute approximate surface area is 106 Å². The fourth-order valence-electron chi connectivity index (χ4n) is 1.07. The van der Waals surface area contributed by atoms with E-state index in [-0.39, 0.29) is 6.61 Å². The maximum atomic E-state index is 8.58. The molecule has 0 radical (unpaired) electrons. The Morgan fingerprint density at radius 3 is 2.94 bits per heavy atom. The molecule has 0 aromatic carbocycles. The zero-order valence-electron chi connectivity index (χ0n) is 9.69. The smallest absolute Gasteiger partial charge is 0.104 e. The molecule has 0 amide bonds. The van der Waals surface area contributed by atoms with Gasteiger partial charge in [0.15, 0.2) is 0 Å². The Hall–Kier alpha value is -0.470. The molecular formula is C12H17NOS2. The summed E-state index contributed by atoms with van der Waals surface area (Å²) in [5.41, 5.74) is 0. The molecule has 0 unspecified atom stereocenters. The van der Waals surface area contributed by atoms with E-state index in [1.165, 1.54) is 4.88 Å². The number of nitrogens with zero attached hydrogens (tertiary/aromatic N) is 1. The van der Waals surface area contributed by atoms with Crippen LogP contribution in [0.25, 0.3) is 0 Å². The average molecular weight is 255 g/mol. The second-order valence-corrected chi connectivity index (χ2v) is 5.86. The molecule has 1 aromatic rings. The first-order valence-electron chi connectivity index (χ1n) is 5.13. The van der Waals surface area contributed by atoms with Crippen molar-refractivity contribution in [2.75, 3.05) is 33.0 Å². The Kier molecular flexibility index (Phi) is 6.58. The molecule has 1 heterocycles. The molecule has 4 heteroatoms. The van der Waals surface area contributed by atoms with Gasteiger partial charge in [0.05, 0.1) is 4.88 Å². The first-order chi connectivity index (χ1) is 7.72. The molecule has 0 atom stereocenters. The lowest BCUT2D eigenvalue weighted by molar-refractivity contribution is 0.350. The summed E-state index contributed by atoms with van der Waals surface area (Å²) in [6.45, 7) is 1.05. The Bertz CT molecular complexity index is 363. The quantitative estimate of drug-likeness (QED) is 0.642. The van der Waals surface area contributed by atoms with Crippen molar-refractivity contribution in [3.8, 4) is 11.8 Å². The van der Waals surface area contributed by atoms with Crippen LogP contribution in [0.4, 0.5) is 0 Å². The first-order valence-corrected chi connectivity index (χ1v) is 7.10. The minimum atomic E-state index is -0.0647. The third-order valence-electron chi connectivity index (χ3n) is 1.88. The van der Waals surface area contributed by atoms with Crippen molar-refractivity contribution >= 4 is 23.1 Å². The lowest BCUT2D eigenvalue weighted by Crippen LogP contribution is -2.14. The Morgan fingerprint density at radius 1 is 1.44 bits per heavy atom. The lowest BCUT2D eigenvalue weighted by atomic mass is 10.4. The van der Waals surface area contributed by atoms with E-state index in [1.54, 1.807) is 11.3 Å². The summed E-state index contributed by atoms with van der Waals surface area (Å²) in [5, 5.41) is 8.58. The summed E-state index contributed by atoms with van der Waals surface area (Å²) in [6.07, 6.45) is 0. The molecule has 1 rings (SSSR count). The topological polar surface area (TPSA) is 23.5 Å². The summed E-state index contributed by atoms with van der Waals surface area (Å²) in [6, 6.07) is 4.14. The number of aliphatic hydroxyl groups excluding tert-OH is 1. The Morgan fingerprint density at radius 2 is 2.25 bits per heavy atom. The second-order valence-electron chi connectivity index (χ2n) is 3.58. The summed E-state index contributed by atoms with van der Waals surface area (Å²) in [5.74, 6) is 7.80. The van der Waals surface area contributed by atoms with E-state index < -0.39 is 0 Å². The highest BCUT2D eigenvalue weighted by Crippen LogP contribution is 2.20. The molecule has 0 fully saturated rings. The van der Waals surface area contributed by atoms with Gasteiger partial charge in [0.25, 0.3) is 0 Å². The van der Waals surface area contributed by atoms with Gasteiger partial charge < -0.3 is 10.0 Å². The van der Waals surface area contributed by atoms with Crippen molar-refractivity contribution in [3.05, 3.63) is 21.9 Å². The molecule has 0 bridgehead atoms. The molecule has 1 N–H and O–H groups in total. The first kappa shape index (κ1) is 13.6. The van der Waals surface area contributed by atoms with Crippen LogP contribution in [0.1, 0.15) is 9.75 Å². The van der Waals surface area contributed by atoms with Crippen LogP contribution < -0.4 is 0 Å². The highest BCUT2D eigenvalue weighted by molar-refractivity contribution is 7.98. The van der Waals surface area contributed by atoms with Gasteiger partial charge in [-0.1, -0.05) is 11.8 Å². The van der Waals surface area contributed by atoms with Crippen LogP contribution in [0.15, 0.2) is 12.1 Å². The van der Waals surface area contributed by atoms with Crippen molar-refractivity contribution in [1.82, 2.24) is 4.90 Å². The molecule has 0 aliphatic heterocycles. The van der Waals surface area contributed by atoms with Crippen molar-refractivity contribution in [3.63, 3.8) is 0 Å². The molecule has 0 aliphatic rings. The summed E-state index contributed by atoms with van der Waals surface area (Å²) in [4.78, 5) is 4.59. The number of hydrogen-bond acceptors (Lipinski definition) is 4. The van der Waals surface area contributed by atoms with Gasteiger partial charge in [-0.2, -0.15) is 11.8 Å². The third kappa shape index (κ3) is 5.57. The normalized spacial score (nSPS) is 10.2. The van der Waals surface area contributed by atoms with Crippen molar-refractivity contribution in [2.24, 2.45) is 0 Å². The van der Waals surface area contributed by atoms with Gasteiger partial charge in [-0.3, -0.25) is 0 Å². The number of rotatable bonds is 5. The number of thioether (sulfide) groups is 1. The monoisotopic (exact) mass is 255 g/mol. The van der Waals surface area contributed by atoms with E-state index in [0.717, 1.165) is 22.9 Å². The number of thiophene rings is 1. The molecule has 0 saturated carbocycles. The molecule has 2 nitrogen and oxygen atoms in total. The van der Waals surface area contributed by atoms with Crippen LogP contribution in [-0.2, 0) is 5.75 Å². The van der Waals surface area contributed by atoms with Crippen LogP contribution in [0.2, 0.25) is 0 Å². The van der Waals surface area contributed by atoms with Gasteiger partial charge in [-0.05, 0) is 26.2 Å². The fraction of sp³-hybridized carbons (Fsp3) is 0.500. The average Bonchev–Trinajstić information content (AvgIpc) is 2.69. The second kappa shape index (κ2) is 7.75. The largest absolute Gasteiger partial charge is 0.384 e. The third-order valence-corrected chi connectivity index (χ3v) is 4.05. The molecule has 0 spiro atoms.